The molecule has 0 aliphatic carbocycles. The van der Waals surface area contributed by atoms with E-state index >= 15 is 4.39 Å². The van der Waals surface area contributed by atoms with E-state index in [0.29, 0.717) is 23.5 Å². The molecule has 2 N–H and O–H groups in total. The van der Waals surface area contributed by atoms with Gasteiger partial charge in [-0.3, -0.25) is 0 Å². The Hall–Kier alpha value is -2.26. The molecular weight excluding hydrogens is 465 g/mol. The minimum absolute atomic E-state index is 0.0100. The standard InChI is InChI=1S/C24H29ClFN3O3S/c1-5-9-20-27-23(25)19(15-30)29(20)14-17-12-13-18(16-10-7-6-8-11-16)22(21(17)26)33(31,32)28-24(2,3)4/h6-8,10-13,28,30H,5,9,14-15H2,1-4H3. The van der Waals surface area contributed by atoms with E-state index in [-0.39, 0.29) is 29.4 Å². The molecular formula is C24H29ClFN3O3S. The number of nitrogens with zero attached hydrogens (tertiary/aromatic N) is 2. The van der Waals surface area contributed by atoms with Crippen LogP contribution in [0.5, 0.6) is 0 Å². The molecule has 3 aromatic rings. The van der Waals surface area contributed by atoms with Crippen LogP contribution in [-0.4, -0.2) is 28.6 Å². The Morgan fingerprint density at radius 1 is 1.15 bits per heavy atom. The molecule has 0 saturated carbocycles. The minimum Gasteiger partial charge on any atom is -0.390 e. The zero-order valence-electron chi connectivity index (χ0n) is 19.2. The number of sulfonamides is 1. The molecule has 33 heavy (non-hydrogen) atoms. The van der Waals surface area contributed by atoms with Crippen LogP contribution >= 0.6 is 11.6 Å². The zero-order chi connectivity index (χ0) is 24.4. The monoisotopic (exact) mass is 493 g/mol. The zero-order valence-corrected chi connectivity index (χ0v) is 20.8. The maximum atomic E-state index is 16.0. The number of aliphatic hydroxyl groups is 1. The summed E-state index contributed by atoms with van der Waals surface area (Å²) in [6, 6.07) is 12.0. The molecule has 3 rings (SSSR count). The molecule has 0 atom stereocenters. The van der Waals surface area contributed by atoms with Gasteiger partial charge in [-0.15, -0.1) is 0 Å². The molecule has 0 bridgehead atoms. The average Bonchev–Trinajstić information content (AvgIpc) is 3.02. The van der Waals surface area contributed by atoms with Crippen molar-refractivity contribution in [2.75, 3.05) is 0 Å². The van der Waals surface area contributed by atoms with Gasteiger partial charge in [0.05, 0.1) is 18.8 Å². The van der Waals surface area contributed by atoms with Gasteiger partial charge in [0.1, 0.15) is 16.5 Å². The first-order valence-corrected chi connectivity index (χ1v) is 12.6. The summed E-state index contributed by atoms with van der Waals surface area (Å²) in [5.41, 5.74) is 0.582. The van der Waals surface area contributed by atoms with Crippen LogP contribution in [-0.2, 0) is 29.6 Å². The second kappa shape index (κ2) is 9.93. The Morgan fingerprint density at radius 3 is 2.39 bits per heavy atom. The number of imidazole rings is 1. The number of aryl methyl sites for hydroxylation is 1. The number of aliphatic hydroxyl groups excluding tert-OH is 1. The van der Waals surface area contributed by atoms with Crippen LogP contribution in [0, 0.1) is 5.82 Å². The predicted octanol–water partition coefficient (Wildman–Crippen LogP) is 4.91. The van der Waals surface area contributed by atoms with Crippen molar-refractivity contribution in [2.24, 2.45) is 0 Å². The number of rotatable bonds is 8. The molecule has 0 unspecified atom stereocenters. The van der Waals surface area contributed by atoms with E-state index < -0.39 is 26.3 Å². The Kier molecular flexibility index (Phi) is 7.63. The minimum atomic E-state index is -4.20. The van der Waals surface area contributed by atoms with Crippen molar-refractivity contribution in [1.82, 2.24) is 14.3 Å². The molecule has 0 fully saturated rings. The second-order valence-corrected chi connectivity index (χ2v) is 10.9. The van der Waals surface area contributed by atoms with Gasteiger partial charge in [0.15, 0.2) is 5.15 Å². The Bertz CT molecular complexity index is 1240. The highest BCUT2D eigenvalue weighted by Gasteiger charge is 2.30. The summed E-state index contributed by atoms with van der Waals surface area (Å²) < 4.78 is 46.9. The summed E-state index contributed by atoms with van der Waals surface area (Å²) in [6.45, 7) is 6.70. The van der Waals surface area contributed by atoms with Gasteiger partial charge < -0.3 is 9.67 Å². The number of hydrogen-bond donors (Lipinski definition) is 2. The lowest BCUT2D eigenvalue weighted by Gasteiger charge is -2.23. The van der Waals surface area contributed by atoms with Crippen LogP contribution in [0.3, 0.4) is 0 Å². The molecule has 9 heteroatoms. The quantitative estimate of drug-likeness (QED) is 0.467. The SMILES string of the molecule is CCCc1nc(Cl)c(CO)n1Cc1ccc(-c2ccccc2)c(S(=O)(=O)NC(C)(C)C)c1F. The van der Waals surface area contributed by atoms with Gasteiger partial charge in [0.25, 0.3) is 0 Å². The lowest BCUT2D eigenvalue weighted by Crippen LogP contribution is -2.41. The maximum absolute atomic E-state index is 16.0. The summed E-state index contributed by atoms with van der Waals surface area (Å²) >= 11 is 6.18. The van der Waals surface area contributed by atoms with Gasteiger partial charge in [0.2, 0.25) is 10.0 Å². The molecule has 0 aliphatic heterocycles. The van der Waals surface area contributed by atoms with Crippen LogP contribution in [0.2, 0.25) is 5.15 Å². The van der Waals surface area contributed by atoms with Gasteiger partial charge in [-0.25, -0.2) is 22.5 Å². The van der Waals surface area contributed by atoms with Crippen LogP contribution in [0.15, 0.2) is 47.4 Å². The van der Waals surface area contributed by atoms with Crippen molar-refractivity contribution < 1.29 is 17.9 Å². The summed E-state index contributed by atoms with van der Waals surface area (Å²) in [5, 5.41) is 9.94. The second-order valence-electron chi connectivity index (χ2n) is 8.90. The first-order valence-electron chi connectivity index (χ1n) is 10.7. The van der Waals surface area contributed by atoms with Crippen LogP contribution < -0.4 is 4.72 Å². The first kappa shape index (κ1) is 25.4. The highest BCUT2D eigenvalue weighted by atomic mass is 35.5. The summed E-state index contributed by atoms with van der Waals surface area (Å²) in [7, 11) is -4.20. The van der Waals surface area contributed by atoms with E-state index in [1.54, 1.807) is 61.7 Å². The fraction of sp³-hybridized carbons (Fsp3) is 0.375. The fourth-order valence-electron chi connectivity index (χ4n) is 3.71. The Morgan fingerprint density at radius 2 is 1.82 bits per heavy atom. The molecule has 1 aromatic heterocycles. The average molecular weight is 494 g/mol. The van der Waals surface area contributed by atoms with Crippen molar-refractivity contribution in [3.63, 3.8) is 0 Å². The maximum Gasteiger partial charge on any atom is 0.244 e. The van der Waals surface area contributed by atoms with E-state index in [0.717, 1.165) is 6.42 Å². The number of nitrogens with one attached hydrogen (secondary N) is 1. The third kappa shape index (κ3) is 5.63. The first-order chi connectivity index (χ1) is 15.5. The van der Waals surface area contributed by atoms with Gasteiger partial charge in [-0.1, -0.05) is 61.0 Å². The smallest absolute Gasteiger partial charge is 0.244 e. The summed E-state index contributed by atoms with van der Waals surface area (Å²) in [4.78, 5) is 3.89. The van der Waals surface area contributed by atoms with Crippen LogP contribution in [0.25, 0.3) is 11.1 Å². The van der Waals surface area contributed by atoms with Crippen molar-refractivity contribution in [3.8, 4) is 11.1 Å². The molecule has 0 aliphatic rings. The Labute approximate surface area is 199 Å². The van der Waals surface area contributed by atoms with Crippen molar-refractivity contribution >= 4 is 21.6 Å². The van der Waals surface area contributed by atoms with E-state index in [2.05, 4.69) is 9.71 Å². The van der Waals surface area contributed by atoms with Crippen LogP contribution in [0.1, 0.15) is 51.2 Å². The van der Waals surface area contributed by atoms with Gasteiger partial charge in [-0.05, 0) is 32.8 Å². The van der Waals surface area contributed by atoms with E-state index in [9.17, 15) is 13.5 Å². The third-order valence-corrected chi connectivity index (χ3v) is 7.15. The van der Waals surface area contributed by atoms with E-state index in [4.69, 9.17) is 11.6 Å². The third-order valence-electron chi connectivity index (χ3n) is 5.03. The molecule has 2 aromatic carbocycles. The molecule has 0 saturated heterocycles. The van der Waals surface area contributed by atoms with Crippen molar-refractivity contribution in [3.05, 3.63) is 70.5 Å². The predicted molar refractivity (Wildman–Crippen MR) is 128 cm³/mol. The van der Waals surface area contributed by atoms with E-state index in [1.807, 2.05) is 13.0 Å². The summed E-state index contributed by atoms with van der Waals surface area (Å²) in [5.74, 6) is -0.237. The molecule has 1 heterocycles. The molecule has 0 amide bonds. The number of hydrogen-bond acceptors (Lipinski definition) is 4. The molecule has 6 nitrogen and oxygen atoms in total. The van der Waals surface area contributed by atoms with Gasteiger partial charge >= 0.3 is 0 Å². The normalized spacial score (nSPS) is 12.3. The number of halogens is 2. The molecule has 0 spiro atoms. The highest BCUT2D eigenvalue weighted by molar-refractivity contribution is 7.89. The lowest BCUT2D eigenvalue weighted by atomic mass is 10.0. The number of benzene rings is 2. The lowest BCUT2D eigenvalue weighted by molar-refractivity contribution is 0.271. The van der Waals surface area contributed by atoms with E-state index in [1.165, 1.54) is 0 Å². The van der Waals surface area contributed by atoms with Crippen molar-refractivity contribution in [1.29, 1.82) is 0 Å². The molecule has 0 radical (unpaired) electrons. The van der Waals surface area contributed by atoms with Gasteiger partial charge in [0, 0.05) is 23.1 Å². The van der Waals surface area contributed by atoms with Crippen molar-refractivity contribution in [2.45, 2.75) is 64.1 Å². The van der Waals surface area contributed by atoms with Crippen LogP contribution in [0.4, 0.5) is 4.39 Å². The highest BCUT2D eigenvalue weighted by Crippen LogP contribution is 2.33. The topological polar surface area (TPSA) is 84.2 Å². The summed E-state index contributed by atoms with van der Waals surface area (Å²) in [6.07, 6.45) is 1.36. The fourth-order valence-corrected chi connectivity index (χ4v) is 5.72. The molecule has 178 valence electrons. The largest absolute Gasteiger partial charge is 0.390 e. The Balaban J connectivity index is 2.21. The number of aromatic nitrogens is 2. The van der Waals surface area contributed by atoms with Gasteiger partial charge in [-0.2, -0.15) is 0 Å².